The van der Waals surface area contributed by atoms with E-state index in [1.54, 1.807) is 13.1 Å². The highest BCUT2D eigenvalue weighted by molar-refractivity contribution is 6.83. The summed E-state index contributed by atoms with van der Waals surface area (Å²) >= 11 is 0. The van der Waals surface area contributed by atoms with Gasteiger partial charge in [-0.05, 0) is 48.4 Å². The molecule has 6 nitrogen and oxygen atoms in total. The molecule has 2 aromatic heterocycles. The van der Waals surface area contributed by atoms with Gasteiger partial charge in [0.25, 0.3) is 5.91 Å². The third-order valence-electron chi connectivity index (χ3n) is 5.96. The number of ether oxygens (including phenoxy) is 1. The number of morpholine rings is 1. The Morgan fingerprint density at radius 1 is 1.10 bits per heavy atom. The molecule has 1 N–H and O–H groups in total. The van der Waals surface area contributed by atoms with Crippen LogP contribution in [0, 0.1) is 24.2 Å². The topological polar surface area (TPSA) is 67.4 Å². The Kier molecular flexibility index (Phi) is 8.09. The van der Waals surface area contributed by atoms with E-state index in [0.29, 0.717) is 54.8 Å². The molecule has 1 aliphatic rings. The summed E-state index contributed by atoms with van der Waals surface area (Å²) in [6.45, 7) is 10.7. The molecule has 39 heavy (non-hydrogen) atoms. The van der Waals surface area contributed by atoms with Crippen molar-refractivity contribution in [3.8, 4) is 22.6 Å². The molecule has 204 valence electrons. The van der Waals surface area contributed by atoms with Crippen LogP contribution in [-0.4, -0.2) is 50.3 Å². The van der Waals surface area contributed by atoms with Crippen LogP contribution in [0.4, 0.5) is 28.9 Å². The number of halogens is 4. The minimum absolute atomic E-state index is 0.165. The summed E-state index contributed by atoms with van der Waals surface area (Å²) in [4.78, 5) is 22.8. The first-order valence-electron chi connectivity index (χ1n) is 12.3. The van der Waals surface area contributed by atoms with Crippen molar-refractivity contribution in [2.75, 3.05) is 36.5 Å². The maximum absolute atomic E-state index is 14.9. The number of carbonyl (C=O) groups is 1. The number of alkyl halides is 3. The molecule has 0 radical (unpaired) electrons. The zero-order chi connectivity index (χ0) is 28.4. The molecule has 0 unspecified atom stereocenters. The second kappa shape index (κ2) is 11.2. The highest BCUT2D eigenvalue weighted by atomic mass is 28.3. The van der Waals surface area contributed by atoms with E-state index in [0.717, 1.165) is 18.0 Å². The van der Waals surface area contributed by atoms with Crippen molar-refractivity contribution in [1.82, 2.24) is 9.97 Å². The van der Waals surface area contributed by atoms with E-state index in [1.807, 2.05) is 6.07 Å². The van der Waals surface area contributed by atoms with Gasteiger partial charge < -0.3 is 15.0 Å². The third kappa shape index (κ3) is 7.02. The summed E-state index contributed by atoms with van der Waals surface area (Å²) in [5.74, 6) is 1.64. The predicted molar refractivity (Wildman–Crippen MR) is 145 cm³/mol. The molecular formula is C28H28F4N4O2Si. The summed E-state index contributed by atoms with van der Waals surface area (Å²) in [5.41, 5.74) is 5.08. The second-order valence-electron chi connectivity index (χ2n) is 10.2. The number of hydrogen-bond acceptors (Lipinski definition) is 5. The summed E-state index contributed by atoms with van der Waals surface area (Å²) in [6, 6.07) is 6.43. The lowest BCUT2D eigenvalue weighted by molar-refractivity contribution is -0.141. The van der Waals surface area contributed by atoms with Crippen LogP contribution < -0.4 is 10.2 Å². The van der Waals surface area contributed by atoms with Gasteiger partial charge in [0.05, 0.1) is 24.6 Å². The summed E-state index contributed by atoms with van der Waals surface area (Å²) in [5, 5.41) is 2.39. The summed E-state index contributed by atoms with van der Waals surface area (Å²) in [6.07, 6.45) is -2.17. The van der Waals surface area contributed by atoms with Crippen molar-refractivity contribution in [2.45, 2.75) is 32.7 Å². The molecule has 1 aliphatic heterocycles. The van der Waals surface area contributed by atoms with Crippen molar-refractivity contribution >= 4 is 25.4 Å². The molecule has 0 bridgehead atoms. The maximum atomic E-state index is 14.9. The molecule has 11 heteroatoms. The van der Waals surface area contributed by atoms with Crippen LogP contribution in [0.5, 0.6) is 0 Å². The van der Waals surface area contributed by atoms with E-state index in [-0.39, 0.29) is 11.3 Å². The lowest BCUT2D eigenvalue weighted by Crippen LogP contribution is -2.36. The molecule has 1 saturated heterocycles. The van der Waals surface area contributed by atoms with Gasteiger partial charge in [-0.15, -0.1) is 5.54 Å². The molecule has 0 atom stereocenters. The number of hydrogen-bond donors (Lipinski definition) is 1. The standard InChI is InChI=1S/C28H28F4N4O2Si/c1-18-13-22(29)24(35-27(37)19-5-7-33-26(15-19)28(30,31)32)16-21(18)20-14-25(36-8-10-38-11-9-36)23(34-17-20)6-12-39(2,3)4/h5,7,13-17H,8-11H2,1-4H3,(H,35,37). The van der Waals surface area contributed by atoms with E-state index in [2.05, 4.69) is 51.3 Å². The van der Waals surface area contributed by atoms with E-state index >= 15 is 0 Å². The molecule has 1 aromatic carbocycles. The number of benzene rings is 1. The fourth-order valence-corrected chi connectivity index (χ4v) is 4.48. The highest BCUT2D eigenvalue weighted by Crippen LogP contribution is 2.33. The lowest BCUT2D eigenvalue weighted by Gasteiger charge is -2.29. The van der Waals surface area contributed by atoms with Crippen LogP contribution in [-0.2, 0) is 10.9 Å². The molecule has 0 spiro atoms. The molecule has 1 fully saturated rings. The van der Waals surface area contributed by atoms with Crippen molar-refractivity contribution in [1.29, 1.82) is 0 Å². The van der Waals surface area contributed by atoms with Crippen molar-refractivity contribution in [3.63, 3.8) is 0 Å². The Bertz CT molecular complexity index is 1450. The first-order chi connectivity index (χ1) is 18.3. The molecule has 0 aliphatic carbocycles. The largest absolute Gasteiger partial charge is 0.433 e. The summed E-state index contributed by atoms with van der Waals surface area (Å²) in [7, 11) is -1.66. The number of rotatable bonds is 4. The normalized spacial score (nSPS) is 14.0. The molecule has 3 heterocycles. The summed E-state index contributed by atoms with van der Waals surface area (Å²) < 4.78 is 59.5. The number of nitrogens with one attached hydrogen (secondary N) is 1. The zero-order valence-electron chi connectivity index (χ0n) is 22.0. The number of pyridine rings is 2. The molecule has 0 saturated carbocycles. The lowest BCUT2D eigenvalue weighted by atomic mass is 9.99. The number of anilines is 2. The van der Waals surface area contributed by atoms with Crippen molar-refractivity contribution in [2.24, 2.45) is 0 Å². The first-order valence-corrected chi connectivity index (χ1v) is 15.8. The van der Waals surface area contributed by atoms with E-state index in [9.17, 15) is 22.4 Å². The fraction of sp³-hybridized carbons (Fsp3) is 0.321. The average molecular weight is 557 g/mol. The van der Waals surface area contributed by atoms with Crippen LogP contribution in [0.25, 0.3) is 11.1 Å². The number of amides is 1. The van der Waals surface area contributed by atoms with E-state index < -0.39 is 31.7 Å². The Balaban J connectivity index is 1.71. The van der Waals surface area contributed by atoms with Crippen LogP contribution in [0.3, 0.4) is 0 Å². The van der Waals surface area contributed by atoms with Gasteiger partial charge in [0, 0.05) is 36.6 Å². The Morgan fingerprint density at radius 2 is 1.82 bits per heavy atom. The van der Waals surface area contributed by atoms with Gasteiger partial charge in [0.2, 0.25) is 0 Å². The monoisotopic (exact) mass is 556 g/mol. The van der Waals surface area contributed by atoms with E-state index in [1.165, 1.54) is 12.1 Å². The number of nitrogens with zero attached hydrogens (tertiary/aromatic N) is 3. The minimum Gasteiger partial charge on any atom is -0.378 e. The molecule has 4 rings (SSSR count). The van der Waals surface area contributed by atoms with E-state index in [4.69, 9.17) is 4.74 Å². The van der Waals surface area contributed by atoms with Gasteiger partial charge in [0.1, 0.15) is 25.3 Å². The Labute approximate surface area is 225 Å². The average Bonchev–Trinajstić information content (AvgIpc) is 2.88. The van der Waals surface area contributed by atoms with Gasteiger partial charge in [-0.3, -0.25) is 9.78 Å². The molecule has 3 aromatic rings. The van der Waals surface area contributed by atoms with Crippen LogP contribution in [0.15, 0.2) is 42.7 Å². The zero-order valence-corrected chi connectivity index (χ0v) is 23.0. The number of aryl methyl sites for hydroxylation is 1. The molecular weight excluding hydrogens is 528 g/mol. The van der Waals surface area contributed by atoms with Crippen LogP contribution in [0.2, 0.25) is 19.6 Å². The van der Waals surface area contributed by atoms with Gasteiger partial charge >= 0.3 is 6.18 Å². The second-order valence-corrected chi connectivity index (χ2v) is 15.0. The van der Waals surface area contributed by atoms with Crippen LogP contribution in [0.1, 0.15) is 27.3 Å². The van der Waals surface area contributed by atoms with Gasteiger partial charge in [-0.1, -0.05) is 25.6 Å². The number of aromatic nitrogens is 2. The maximum Gasteiger partial charge on any atom is 0.433 e. The predicted octanol–water partition coefficient (Wildman–Crippen LogP) is 5.93. The van der Waals surface area contributed by atoms with Gasteiger partial charge in [-0.25, -0.2) is 9.37 Å². The highest BCUT2D eigenvalue weighted by Gasteiger charge is 2.33. The fourth-order valence-electron chi connectivity index (χ4n) is 3.99. The molecule has 1 amide bonds. The van der Waals surface area contributed by atoms with Crippen molar-refractivity contribution in [3.05, 3.63) is 71.1 Å². The van der Waals surface area contributed by atoms with Gasteiger partial charge in [-0.2, -0.15) is 13.2 Å². The smallest absolute Gasteiger partial charge is 0.378 e. The quantitative estimate of drug-likeness (QED) is 0.245. The van der Waals surface area contributed by atoms with Crippen LogP contribution >= 0.6 is 0 Å². The first kappa shape index (κ1) is 28.3. The van der Waals surface area contributed by atoms with Gasteiger partial charge in [0.15, 0.2) is 0 Å². The Hall–Kier alpha value is -3.75. The Morgan fingerprint density at radius 3 is 2.49 bits per heavy atom. The third-order valence-corrected chi connectivity index (χ3v) is 6.84. The minimum atomic E-state index is -4.71. The number of carbonyl (C=O) groups excluding carboxylic acids is 1. The SMILES string of the molecule is Cc1cc(F)c(NC(=O)c2ccnc(C(F)(F)F)c2)cc1-c1cnc(C#C[Si](C)(C)C)c(N2CCOCC2)c1. The van der Waals surface area contributed by atoms with Crippen molar-refractivity contribution < 1.29 is 27.1 Å².